The second-order valence-corrected chi connectivity index (χ2v) is 8.01. The van der Waals surface area contributed by atoms with Crippen molar-refractivity contribution in [1.82, 2.24) is 10.6 Å². The topological polar surface area (TPSA) is 75.3 Å². The number of rotatable bonds is 7. The molecule has 4 saturated carbocycles. The number of ketones is 1. The van der Waals surface area contributed by atoms with Gasteiger partial charge in [0.15, 0.2) is 0 Å². The van der Waals surface area contributed by atoms with Gasteiger partial charge in [0.2, 0.25) is 11.8 Å². The van der Waals surface area contributed by atoms with E-state index in [1.54, 1.807) is 0 Å². The number of carbonyl (C=O) groups is 3. The highest BCUT2D eigenvalue weighted by Crippen LogP contribution is 2.60. The molecule has 0 radical (unpaired) electrons. The summed E-state index contributed by atoms with van der Waals surface area (Å²) in [6.45, 7) is 2.40. The predicted molar refractivity (Wildman–Crippen MR) is 86.5 cm³/mol. The number of nitrogens with one attached hydrogen (secondary N) is 2. The lowest BCUT2D eigenvalue weighted by atomic mass is 9.49. The van der Waals surface area contributed by atoms with Gasteiger partial charge in [0.1, 0.15) is 5.78 Å². The molecule has 0 heterocycles. The van der Waals surface area contributed by atoms with Crippen molar-refractivity contribution in [2.45, 2.75) is 58.3 Å². The lowest BCUT2D eigenvalue weighted by Crippen LogP contribution is -2.54. The zero-order chi connectivity index (χ0) is 16.4. The largest absolute Gasteiger partial charge is 0.354 e. The molecule has 2 amide bonds. The average molecular weight is 320 g/mol. The van der Waals surface area contributed by atoms with Crippen LogP contribution in [0.4, 0.5) is 0 Å². The summed E-state index contributed by atoms with van der Waals surface area (Å²) in [6.07, 6.45) is 7.71. The van der Waals surface area contributed by atoms with Crippen LogP contribution < -0.4 is 10.6 Å². The molecule has 128 valence electrons. The molecular weight excluding hydrogens is 292 g/mol. The Balaban J connectivity index is 1.40. The maximum absolute atomic E-state index is 12.7. The van der Waals surface area contributed by atoms with Gasteiger partial charge < -0.3 is 15.4 Å². The van der Waals surface area contributed by atoms with Gasteiger partial charge in [0.05, 0.1) is 0 Å². The summed E-state index contributed by atoms with van der Waals surface area (Å²) >= 11 is 0. The van der Waals surface area contributed by atoms with Crippen molar-refractivity contribution >= 4 is 17.6 Å². The van der Waals surface area contributed by atoms with E-state index in [0.717, 1.165) is 37.0 Å². The van der Waals surface area contributed by atoms with Crippen LogP contribution in [0, 0.1) is 23.2 Å². The molecule has 4 aliphatic rings. The molecule has 4 fully saturated rings. The lowest BCUT2D eigenvalue weighted by molar-refractivity contribution is -0.146. The van der Waals surface area contributed by atoms with Crippen LogP contribution >= 0.6 is 0 Å². The Kier molecular flexibility index (Phi) is 4.74. The van der Waals surface area contributed by atoms with Crippen molar-refractivity contribution in [3.63, 3.8) is 0 Å². The third-order valence-corrected chi connectivity index (χ3v) is 5.96. The Morgan fingerprint density at radius 2 is 1.39 bits per heavy atom. The first-order valence-corrected chi connectivity index (χ1v) is 9.01. The van der Waals surface area contributed by atoms with Crippen LogP contribution in [0.5, 0.6) is 0 Å². The molecule has 0 saturated heterocycles. The third-order valence-electron chi connectivity index (χ3n) is 5.96. The molecular formula is C18H28N2O3. The molecule has 0 unspecified atom stereocenters. The molecule has 4 aliphatic carbocycles. The molecule has 4 rings (SSSR count). The third kappa shape index (κ3) is 3.75. The number of carbonyl (C=O) groups excluding carboxylic acids is 3. The second-order valence-electron chi connectivity index (χ2n) is 8.01. The van der Waals surface area contributed by atoms with Gasteiger partial charge in [-0.05, 0) is 63.2 Å². The fourth-order valence-corrected chi connectivity index (χ4v) is 5.33. The number of hydrogen-bond donors (Lipinski definition) is 2. The summed E-state index contributed by atoms with van der Waals surface area (Å²) in [5.74, 6) is 2.39. The van der Waals surface area contributed by atoms with Gasteiger partial charge in [-0.2, -0.15) is 0 Å². The zero-order valence-corrected chi connectivity index (χ0v) is 14.0. The first-order chi connectivity index (χ1) is 11.0. The van der Waals surface area contributed by atoms with E-state index in [0.29, 0.717) is 13.1 Å². The van der Waals surface area contributed by atoms with Crippen molar-refractivity contribution < 1.29 is 14.4 Å². The van der Waals surface area contributed by atoms with Gasteiger partial charge in [-0.1, -0.05) is 0 Å². The molecule has 5 nitrogen and oxygen atoms in total. The Morgan fingerprint density at radius 3 is 1.91 bits per heavy atom. The first-order valence-electron chi connectivity index (χ1n) is 9.01. The number of amides is 2. The van der Waals surface area contributed by atoms with Gasteiger partial charge >= 0.3 is 0 Å². The van der Waals surface area contributed by atoms with Crippen LogP contribution in [0.3, 0.4) is 0 Å². The van der Waals surface area contributed by atoms with E-state index in [4.69, 9.17) is 0 Å². The molecule has 23 heavy (non-hydrogen) atoms. The van der Waals surface area contributed by atoms with Gasteiger partial charge in [-0.15, -0.1) is 0 Å². The molecule has 0 aromatic heterocycles. The molecule has 0 spiro atoms. The molecule has 4 bridgehead atoms. The summed E-state index contributed by atoms with van der Waals surface area (Å²) in [5, 5.41) is 5.80. The minimum absolute atomic E-state index is 0.0234. The first kappa shape index (κ1) is 16.5. The van der Waals surface area contributed by atoms with Crippen LogP contribution in [-0.2, 0) is 14.4 Å². The lowest BCUT2D eigenvalue weighted by Gasteiger charge is -2.55. The summed E-state index contributed by atoms with van der Waals surface area (Å²) in [6, 6.07) is 0. The minimum Gasteiger partial charge on any atom is -0.354 e. The normalized spacial score (nSPS) is 34.2. The minimum atomic E-state index is -0.121. The van der Waals surface area contributed by atoms with Crippen LogP contribution in [0.1, 0.15) is 58.3 Å². The Morgan fingerprint density at radius 1 is 0.870 bits per heavy atom. The SMILES string of the molecule is CC(=O)CCC(=O)NCCNC(=O)C12CC3CC(CC(C3)C1)C2. The maximum atomic E-state index is 12.7. The van der Waals surface area contributed by atoms with E-state index in [1.807, 2.05) is 0 Å². The van der Waals surface area contributed by atoms with E-state index >= 15 is 0 Å². The highest BCUT2D eigenvalue weighted by Gasteiger charge is 2.54. The van der Waals surface area contributed by atoms with Gasteiger partial charge in [-0.3, -0.25) is 9.59 Å². The van der Waals surface area contributed by atoms with E-state index < -0.39 is 0 Å². The van der Waals surface area contributed by atoms with Crippen LogP contribution in [0.15, 0.2) is 0 Å². The zero-order valence-electron chi connectivity index (χ0n) is 14.0. The quantitative estimate of drug-likeness (QED) is 0.702. The van der Waals surface area contributed by atoms with E-state index in [-0.39, 0.29) is 35.9 Å². The predicted octanol–water partition coefficient (Wildman–Crippen LogP) is 1.80. The van der Waals surface area contributed by atoms with Gasteiger partial charge in [0, 0.05) is 31.3 Å². The summed E-state index contributed by atoms with van der Waals surface area (Å²) < 4.78 is 0. The number of hydrogen-bond acceptors (Lipinski definition) is 3. The fraction of sp³-hybridized carbons (Fsp3) is 0.833. The summed E-state index contributed by atoms with van der Waals surface area (Å²) in [5.41, 5.74) is -0.118. The Hall–Kier alpha value is -1.39. The van der Waals surface area contributed by atoms with Gasteiger partial charge in [0.25, 0.3) is 0 Å². The Labute approximate surface area is 138 Å². The fourth-order valence-electron chi connectivity index (χ4n) is 5.33. The molecule has 0 atom stereocenters. The average Bonchev–Trinajstić information content (AvgIpc) is 2.48. The Bertz CT molecular complexity index is 465. The molecule has 2 N–H and O–H groups in total. The van der Waals surface area contributed by atoms with Crippen LogP contribution in [-0.4, -0.2) is 30.7 Å². The monoisotopic (exact) mass is 320 g/mol. The molecule has 5 heteroatoms. The number of Topliss-reactive ketones (excluding diaryl/α,β-unsaturated/α-hetero) is 1. The van der Waals surface area contributed by atoms with Crippen LogP contribution in [0.25, 0.3) is 0 Å². The van der Waals surface area contributed by atoms with E-state index in [2.05, 4.69) is 10.6 Å². The van der Waals surface area contributed by atoms with Crippen LogP contribution in [0.2, 0.25) is 0 Å². The summed E-state index contributed by atoms with van der Waals surface area (Å²) in [7, 11) is 0. The standard InChI is InChI=1S/C18H28N2O3/c1-12(21)2-3-16(22)19-4-5-20-17(23)18-9-13-6-14(10-18)8-15(7-13)11-18/h13-15H,2-11H2,1H3,(H,19,22)(H,20,23). The molecule has 0 aromatic carbocycles. The van der Waals surface area contributed by atoms with Crippen molar-refractivity contribution in [2.75, 3.05) is 13.1 Å². The van der Waals surface area contributed by atoms with E-state index in [9.17, 15) is 14.4 Å². The maximum Gasteiger partial charge on any atom is 0.226 e. The van der Waals surface area contributed by atoms with Crippen molar-refractivity contribution in [3.8, 4) is 0 Å². The highest BCUT2D eigenvalue weighted by atomic mass is 16.2. The summed E-state index contributed by atoms with van der Waals surface area (Å²) in [4.78, 5) is 35.1. The molecule has 0 aliphatic heterocycles. The smallest absolute Gasteiger partial charge is 0.226 e. The van der Waals surface area contributed by atoms with Crippen molar-refractivity contribution in [1.29, 1.82) is 0 Å². The van der Waals surface area contributed by atoms with E-state index in [1.165, 1.54) is 26.2 Å². The van der Waals surface area contributed by atoms with Crippen molar-refractivity contribution in [2.24, 2.45) is 23.2 Å². The second kappa shape index (κ2) is 6.62. The van der Waals surface area contributed by atoms with Crippen molar-refractivity contribution in [3.05, 3.63) is 0 Å². The van der Waals surface area contributed by atoms with Gasteiger partial charge in [-0.25, -0.2) is 0 Å². The highest BCUT2D eigenvalue weighted by molar-refractivity contribution is 5.84. The molecule has 0 aromatic rings.